The maximum absolute atomic E-state index is 11.8. The van der Waals surface area contributed by atoms with Crippen molar-refractivity contribution in [3.8, 4) is 0 Å². The zero-order chi connectivity index (χ0) is 12.7. The van der Waals surface area contributed by atoms with Gasteiger partial charge in [-0.25, -0.2) is 0 Å². The van der Waals surface area contributed by atoms with Crippen molar-refractivity contribution in [1.82, 2.24) is 10.3 Å². The van der Waals surface area contributed by atoms with Gasteiger partial charge in [0.1, 0.15) is 5.52 Å². The lowest BCUT2D eigenvalue weighted by Crippen LogP contribution is -2.39. The minimum Gasteiger partial charge on any atom is -0.462 e. The van der Waals surface area contributed by atoms with Crippen LogP contribution in [0.25, 0.3) is 11.1 Å². The van der Waals surface area contributed by atoms with Gasteiger partial charge in [0.15, 0.2) is 5.58 Å². The highest BCUT2D eigenvalue weighted by Gasteiger charge is 2.30. The summed E-state index contributed by atoms with van der Waals surface area (Å²) in [4.78, 5) is 27.1. The third-order valence-electron chi connectivity index (χ3n) is 3.07. The Labute approximate surface area is 102 Å². The van der Waals surface area contributed by atoms with Crippen molar-refractivity contribution in [2.75, 3.05) is 5.73 Å². The van der Waals surface area contributed by atoms with Crippen LogP contribution in [0.15, 0.2) is 22.9 Å². The molecule has 0 aromatic carbocycles. The average Bonchev–Trinajstić information content (AvgIpc) is 2.72. The normalized spacial score (nSPS) is 20.1. The van der Waals surface area contributed by atoms with Crippen LogP contribution in [-0.2, 0) is 9.59 Å². The van der Waals surface area contributed by atoms with E-state index in [1.54, 1.807) is 6.07 Å². The SMILES string of the molecule is Nc1cnc2c(C3CCC(=O)NC3=O)coc2c1. The topological polar surface area (TPSA) is 98.2 Å². The van der Waals surface area contributed by atoms with Crippen LogP contribution in [0, 0.1) is 0 Å². The van der Waals surface area contributed by atoms with Gasteiger partial charge in [0.2, 0.25) is 11.8 Å². The van der Waals surface area contributed by atoms with Gasteiger partial charge in [-0.1, -0.05) is 0 Å². The van der Waals surface area contributed by atoms with Crippen LogP contribution in [0.5, 0.6) is 0 Å². The fraction of sp³-hybridized carbons (Fsp3) is 0.250. The second kappa shape index (κ2) is 3.83. The Morgan fingerprint density at radius 3 is 3.06 bits per heavy atom. The summed E-state index contributed by atoms with van der Waals surface area (Å²) in [5.41, 5.74) is 7.99. The zero-order valence-corrected chi connectivity index (χ0v) is 9.47. The smallest absolute Gasteiger partial charge is 0.234 e. The van der Waals surface area contributed by atoms with Gasteiger partial charge >= 0.3 is 0 Å². The molecule has 0 radical (unpaired) electrons. The highest BCUT2D eigenvalue weighted by Crippen LogP contribution is 2.31. The highest BCUT2D eigenvalue weighted by molar-refractivity contribution is 6.02. The van der Waals surface area contributed by atoms with Gasteiger partial charge < -0.3 is 10.2 Å². The van der Waals surface area contributed by atoms with E-state index in [1.807, 2.05) is 0 Å². The van der Waals surface area contributed by atoms with Crippen molar-refractivity contribution in [2.24, 2.45) is 0 Å². The van der Waals surface area contributed by atoms with Gasteiger partial charge in [-0.2, -0.15) is 0 Å². The molecule has 1 fully saturated rings. The third-order valence-corrected chi connectivity index (χ3v) is 3.07. The monoisotopic (exact) mass is 245 g/mol. The molecule has 2 amide bonds. The van der Waals surface area contributed by atoms with E-state index in [1.165, 1.54) is 12.5 Å². The van der Waals surface area contributed by atoms with Crippen molar-refractivity contribution in [1.29, 1.82) is 0 Å². The molecule has 1 atom stereocenters. The molecule has 6 nitrogen and oxygen atoms in total. The molecule has 3 heterocycles. The van der Waals surface area contributed by atoms with Crippen LogP contribution in [0.1, 0.15) is 24.3 Å². The van der Waals surface area contributed by atoms with E-state index in [4.69, 9.17) is 10.2 Å². The molecule has 2 aromatic heterocycles. The van der Waals surface area contributed by atoms with Gasteiger partial charge in [0.25, 0.3) is 0 Å². The van der Waals surface area contributed by atoms with Crippen molar-refractivity contribution in [2.45, 2.75) is 18.8 Å². The van der Waals surface area contributed by atoms with Gasteiger partial charge in [0, 0.05) is 18.1 Å². The quantitative estimate of drug-likeness (QED) is 0.728. The Hall–Kier alpha value is -2.37. The number of carbonyl (C=O) groups is 2. The number of anilines is 1. The second-order valence-electron chi connectivity index (χ2n) is 4.31. The number of nitrogen functional groups attached to an aromatic ring is 1. The number of nitrogens with one attached hydrogen (secondary N) is 1. The molecule has 1 aliphatic heterocycles. The Morgan fingerprint density at radius 2 is 2.28 bits per heavy atom. The maximum Gasteiger partial charge on any atom is 0.234 e. The number of fused-ring (bicyclic) bond motifs is 1. The van der Waals surface area contributed by atoms with Crippen molar-refractivity contribution in [3.05, 3.63) is 24.1 Å². The first-order valence-corrected chi connectivity index (χ1v) is 5.61. The summed E-state index contributed by atoms with van der Waals surface area (Å²) in [7, 11) is 0. The minimum absolute atomic E-state index is 0.235. The van der Waals surface area contributed by atoms with E-state index in [-0.39, 0.29) is 17.7 Å². The molecule has 18 heavy (non-hydrogen) atoms. The number of imide groups is 1. The number of nitrogens with two attached hydrogens (primary N) is 1. The Balaban J connectivity index is 2.04. The van der Waals surface area contributed by atoms with E-state index in [9.17, 15) is 9.59 Å². The summed E-state index contributed by atoms with van der Waals surface area (Å²) < 4.78 is 5.35. The first kappa shape index (κ1) is 10.8. The Bertz CT molecular complexity index is 647. The third kappa shape index (κ3) is 1.62. The van der Waals surface area contributed by atoms with E-state index in [2.05, 4.69) is 10.3 Å². The number of hydrogen-bond acceptors (Lipinski definition) is 5. The number of carbonyl (C=O) groups excluding carboxylic acids is 2. The first-order chi connectivity index (χ1) is 8.65. The number of nitrogens with zero attached hydrogens (tertiary/aromatic N) is 1. The second-order valence-corrected chi connectivity index (χ2v) is 4.31. The molecule has 1 unspecified atom stereocenters. The van der Waals surface area contributed by atoms with Crippen LogP contribution in [-0.4, -0.2) is 16.8 Å². The molecule has 6 heteroatoms. The van der Waals surface area contributed by atoms with Gasteiger partial charge in [-0.05, 0) is 6.42 Å². The lowest BCUT2D eigenvalue weighted by atomic mass is 9.91. The number of hydrogen-bond donors (Lipinski definition) is 2. The number of pyridine rings is 1. The van der Waals surface area contributed by atoms with Crippen molar-refractivity contribution in [3.63, 3.8) is 0 Å². The molecule has 2 aromatic rings. The standard InChI is InChI=1S/C12H11N3O3/c13-6-3-9-11(14-4-6)8(5-18-9)7-1-2-10(16)15-12(7)17/h3-5,7H,1-2,13H2,(H,15,16,17). The Kier molecular flexibility index (Phi) is 2.29. The maximum atomic E-state index is 11.8. The average molecular weight is 245 g/mol. The van der Waals surface area contributed by atoms with Gasteiger partial charge in [-0.3, -0.25) is 19.9 Å². The van der Waals surface area contributed by atoms with Gasteiger partial charge in [-0.15, -0.1) is 0 Å². The number of amides is 2. The molecule has 0 saturated carbocycles. The number of aromatic nitrogens is 1. The molecule has 3 rings (SSSR count). The molecule has 0 spiro atoms. The highest BCUT2D eigenvalue weighted by atomic mass is 16.3. The molecule has 3 N–H and O–H groups in total. The lowest BCUT2D eigenvalue weighted by Gasteiger charge is -2.19. The van der Waals surface area contributed by atoms with E-state index >= 15 is 0 Å². The Morgan fingerprint density at radius 1 is 1.44 bits per heavy atom. The van der Waals surface area contributed by atoms with Crippen molar-refractivity contribution < 1.29 is 14.0 Å². The van der Waals surface area contributed by atoms with E-state index in [0.717, 1.165) is 0 Å². The summed E-state index contributed by atoms with van der Waals surface area (Å²) in [6.07, 6.45) is 3.84. The summed E-state index contributed by atoms with van der Waals surface area (Å²) in [6.45, 7) is 0. The minimum atomic E-state index is -0.389. The van der Waals surface area contributed by atoms with E-state index in [0.29, 0.717) is 35.2 Å². The molecule has 92 valence electrons. The predicted octanol–water partition coefficient (Wildman–Crippen LogP) is 0.930. The summed E-state index contributed by atoms with van der Waals surface area (Å²) in [6, 6.07) is 1.66. The van der Waals surface area contributed by atoms with Crippen LogP contribution in [0.4, 0.5) is 5.69 Å². The number of piperidine rings is 1. The van der Waals surface area contributed by atoms with Crippen molar-refractivity contribution >= 4 is 28.6 Å². The molecule has 1 aliphatic rings. The number of furan rings is 1. The van der Waals surface area contributed by atoms with E-state index < -0.39 is 0 Å². The number of rotatable bonds is 1. The molecular formula is C12H11N3O3. The fourth-order valence-corrected chi connectivity index (χ4v) is 2.19. The van der Waals surface area contributed by atoms with Gasteiger partial charge in [0.05, 0.1) is 24.1 Å². The first-order valence-electron chi connectivity index (χ1n) is 5.61. The lowest BCUT2D eigenvalue weighted by molar-refractivity contribution is -0.134. The summed E-state index contributed by atoms with van der Waals surface area (Å²) in [5.74, 6) is -0.922. The largest absolute Gasteiger partial charge is 0.462 e. The van der Waals surface area contributed by atoms with Crippen LogP contribution < -0.4 is 11.1 Å². The zero-order valence-electron chi connectivity index (χ0n) is 9.47. The summed E-state index contributed by atoms with van der Waals surface area (Å²) >= 11 is 0. The molecule has 0 bridgehead atoms. The molecule has 1 saturated heterocycles. The predicted molar refractivity (Wildman–Crippen MR) is 63.5 cm³/mol. The van der Waals surface area contributed by atoms with Crippen LogP contribution in [0.2, 0.25) is 0 Å². The van der Waals surface area contributed by atoms with Crippen LogP contribution in [0.3, 0.4) is 0 Å². The molecule has 0 aliphatic carbocycles. The van der Waals surface area contributed by atoms with Crippen LogP contribution >= 0.6 is 0 Å². The summed E-state index contributed by atoms with van der Waals surface area (Å²) in [5, 5.41) is 2.32. The molecular weight excluding hydrogens is 234 g/mol. The fourth-order valence-electron chi connectivity index (χ4n) is 2.19.